The van der Waals surface area contributed by atoms with Crippen LogP contribution in [0.4, 0.5) is 10.2 Å². The van der Waals surface area contributed by atoms with Crippen LogP contribution in [0, 0.1) is 5.82 Å². The van der Waals surface area contributed by atoms with Gasteiger partial charge < -0.3 is 10.2 Å². The lowest BCUT2D eigenvalue weighted by atomic mass is 10.00. The molecular weight excluding hydrogens is 355 g/mol. The van der Waals surface area contributed by atoms with Crippen LogP contribution in [0.5, 0.6) is 0 Å². The monoisotopic (exact) mass is 376 g/mol. The van der Waals surface area contributed by atoms with Gasteiger partial charge in [0.25, 0.3) is 5.91 Å². The van der Waals surface area contributed by atoms with Gasteiger partial charge in [0.15, 0.2) is 11.5 Å². The molecule has 0 spiro atoms. The first-order valence-electron chi connectivity index (χ1n) is 9.38. The van der Waals surface area contributed by atoms with E-state index in [9.17, 15) is 9.18 Å². The van der Waals surface area contributed by atoms with Gasteiger partial charge in [0, 0.05) is 19.6 Å². The number of rotatable bonds is 5. The summed E-state index contributed by atoms with van der Waals surface area (Å²) in [4.78, 5) is 14.4. The first-order chi connectivity index (χ1) is 13.7. The first-order valence-corrected chi connectivity index (χ1v) is 9.38. The van der Waals surface area contributed by atoms with E-state index in [4.69, 9.17) is 0 Å². The number of benzene rings is 2. The second-order valence-corrected chi connectivity index (χ2v) is 6.81. The van der Waals surface area contributed by atoms with Crippen LogP contribution in [0.3, 0.4) is 0 Å². The van der Waals surface area contributed by atoms with Crippen LogP contribution in [-0.2, 0) is 19.4 Å². The number of aromatic nitrogens is 2. The molecule has 1 aliphatic rings. The molecule has 0 aliphatic carbocycles. The van der Waals surface area contributed by atoms with Crippen molar-refractivity contribution < 1.29 is 9.18 Å². The molecule has 0 atom stereocenters. The lowest BCUT2D eigenvalue weighted by molar-refractivity contribution is 0.0948. The number of fused-ring (bicyclic) bond motifs is 1. The van der Waals surface area contributed by atoms with Gasteiger partial charge in [-0.05, 0) is 47.7 Å². The van der Waals surface area contributed by atoms with Crippen LogP contribution < -0.4 is 10.2 Å². The van der Waals surface area contributed by atoms with E-state index in [1.54, 1.807) is 24.3 Å². The molecule has 0 unspecified atom stereocenters. The van der Waals surface area contributed by atoms with Crippen LogP contribution in [0.1, 0.15) is 27.2 Å². The van der Waals surface area contributed by atoms with Crippen molar-refractivity contribution in [3.05, 3.63) is 88.9 Å². The Bertz CT molecular complexity index is 974. The zero-order chi connectivity index (χ0) is 19.3. The highest BCUT2D eigenvalue weighted by Gasteiger charge is 2.18. The summed E-state index contributed by atoms with van der Waals surface area (Å²) in [6.45, 7) is 2.00. The van der Waals surface area contributed by atoms with Gasteiger partial charge >= 0.3 is 0 Å². The molecule has 5 nitrogen and oxygen atoms in total. The van der Waals surface area contributed by atoms with Crippen LogP contribution in [0.2, 0.25) is 0 Å². The molecule has 3 aromatic rings. The quantitative estimate of drug-likeness (QED) is 0.743. The van der Waals surface area contributed by atoms with E-state index in [2.05, 4.69) is 38.6 Å². The summed E-state index contributed by atoms with van der Waals surface area (Å²) in [5, 5.41) is 11.1. The van der Waals surface area contributed by atoms with Gasteiger partial charge in [-0.25, -0.2) is 4.39 Å². The summed E-state index contributed by atoms with van der Waals surface area (Å²) < 4.78 is 13.6. The predicted octanol–water partition coefficient (Wildman–Crippen LogP) is 3.15. The summed E-state index contributed by atoms with van der Waals surface area (Å²) in [5.41, 5.74) is 3.51. The topological polar surface area (TPSA) is 58.1 Å². The van der Waals surface area contributed by atoms with Crippen molar-refractivity contribution in [2.45, 2.75) is 19.4 Å². The molecule has 0 saturated heterocycles. The Morgan fingerprint density at radius 1 is 1.00 bits per heavy atom. The zero-order valence-electron chi connectivity index (χ0n) is 15.4. The Morgan fingerprint density at radius 2 is 1.79 bits per heavy atom. The van der Waals surface area contributed by atoms with Crippen LogP contribution in [0.15, 0.2) is 60.7 Å². The molecule has 2 aromatic carbocycles. The molecule has 4 rings (SSSR count). The highest BCUT2D eigenvalue weighted by Crippen LogP contribution is 2.22. The van der Waals surface area contributed by atoms with Crippen LogP contribution >= 0.6 is 0 Å². The number of carbonyl (C=O) groups is 1. The number of carbonyl (C=O) groups excluding carboxylic acids is 1. The van der Waals surface area contributed by atoms with Gasteiger partial charge in [0.2, 0.25) is 0 Å². The molecule has 0 bridgehead atoms. The number of halogens is 1. The average Bonchev–Trinajstić information content (AvgIpc) is 2.75. The molecule has 142 valence electrons. The third kappa shape index (κ3) is 4.01. The highest BCUT2D eigenvalue weighted by atomic mass is 19.1. The average molecular weight is 376 g/mol. The van der Waals surface area contributed by atoms with Gasteiger partial charge in [-0.15, -0.1) is 10.2 Å². The van der Waals surface area contributed by atoms with E-state index >= 15 is 0 Å². The van der Waals surface area contributed by atoms with Crippen molar-refractivity contribution in [3.63, 3.8) is 0 Å². The van der Waals surface area contributed by atoms with E-state index in [1.807, 2.05) is 12.1 Å². The molecule has 0 saturated carbocycles. The van der Waals surface area contributed by atoms with Crippen molar-refractivity contribution in [1.29, 1.82) is 0 Å². The lowest BCUT2D eigenvalue weighted by Crippen LogP contribution is -2.31. The molecule has 1 aliphatic heterocycles. The second kappa shape index (κ2) is 8.17. The Hall–Kier alpha value is -3.28. The Kier molecular flexibility index (Phi) is 5.28. The summed E-state index contributed by atoms with van der Waals surface area (Å²) in [7, 11) is 0. The van der Waals surface area contributed by atoms with E-state index in [1.165, 1.54) is 17.2 Å². The van der Waals surface area contributed by atoms with E-state index in [-0.39, 0.29) is 17.4 Å². The summed E-state index contributed by atoms with van der Waals surface area (Å²) in [6, 6.07) is 18.5. The molecule has 1 N–H and O–H groups in total. The van der Waals surface area contributed by atoms with Gasteiger partial charge in [0.05, 0.1) is 0 Å². The SMILES string of the molecule is O=C(NCCc1ccccc1F)c1ccc(N2CCc3ccccc3C2)nn1. The van der Waals surface area contributed by atoms with E-state index < -0.39 is 0 Å². The third-order valence-electron chi connectivity index (χ3n) is 4.98. The Labute approximate surface area is 163 Å². The first kappa shape index (κ1) is 18.1. The normalized spacial score (nSPS) is 13.1. The summed E-state index contributed by atoms with van der Waals surface area (Å²) in [6.07, 6.45) is 1.40. The Balaban J connectivity index is 1.34. The number of hydrogen-bond acceptors (Lipinski definition) is 4. The number of amides is 1. The summed E-state index contributed by atoms with van der Waals surface area (Å²) in [5.74, 6) is 0.195. The largest absolute Gasteiger partial charge is 0.350 e. The van der Waals surface area contributed by atoms with Crippen LogP contribution in [0.25, 0.3) is 0 Å². The van der Waals surface area contributed by atoms with Gasteiger partial charge in [-0.2, -0.15) is 0 Å². The molecule has 0 fully saturated rings. The maximum absolute atomic E-state index is 13.6. The maximum atomic E-state index is 13.6. The van der Waals surface area contributed by atoms with Gasteiger partial charge in [-0.3, -0.25) is 4.79 Å². The molecule has 0 radical (unpaired) electrons. The van der Waals surface area contributed by atoms with Crippen molar-refractivity contribution in [2.24, 2.45) is 0 Å². The minimum Gasteiger partial charge on any atom is -0.350 e. The fourth-order valence-corrected chi connectivity index (χ4v) is 3.41. The van der Waals surface area contributed by atoms with Gasteiger partial charge in [0.1, 0.15) is 5.82 Å². The fraction of sp³-hybridized carbons (Fsp3) is 0.227. The van der Waals surface area contributed by atoms with Gasteiger partial charge in [-0.1, -0.05) is 42.5 Å². The standard InChI is InChI=1S/C22H21FN4O/c23-19-8-4-3-6-17(19)11-13-24-22(28)20-9-10-21(26-25-20)27-14-12-16-5-1-2-7-18(16)15-27/h1-10H,11-15H2,(H,24,28). The van der Waals surface area contributed by atoms with E-state index in [0.717, 1.165) is 25.3 Å². The number of nitrogens with one attached hydrogen (secondary N) is 1. The molecule has 1 aromatic heterocycles. The zero-order valence-corrected chi connectivity index (χ0v) is 15.4. The molecule has 28 heavy (non-hydrogen) atoms. The minimum atomic E-state index is -0.306. The Morgan fingerprint density at radius 3 is 2.57 bits per heavy atom. The predicted molar refractivity (Wildman–Crippen MR) is 106 cm³/mol. The van der Waals surface area contributed by atoms with Crippen molar-refractivity contribution >= 4 is 11.7 Å². The number of hydrogen-bond donors (Lipinski definition) is 1. The fourth-order valence-electron chi connectivity index (χ4n) is 3.41. The third-order valence-corrected chi connectivity index (χ3v) is 4.98. The smallest absolute Gasteiger partial charge is 0.271 e. The molecule has 1 amide bonds. The number of anilines is 1. The molecule has 6 heteroatoms. The maximum Gasteiger partial charge on any atom is 0.271 e. The minimum absolute atomic E-state index is 0.259. The molecule has 2 heterocycles. The lowest BCUT2D eigenvalue weighted by Gasteiger charge is -2.29. The van der Waals surface area contributed by atoms with Crippen molar-refractivity contribution in [3.8, 4) is 0 Å². The van der Waals surface area contributed by atoms with Crippen molar-refractivity contribution in [2.75, 3.05) is 18.0 Å². The van der Waals surface area contributed by atoms with Crippen LogP contribution in [-0.4, -0.2) is 29.2 Å². The summed E-state index contributed by atoms with van der Waals surface area (Å²) >= 11 is 0. The second-order valence-electron chi connectivity index (χ2n) is 6.81. The van der Waals surface area contributed by atoms with E-state index in [0.29, 0.717) is 18.5 Å². The van der Waals surface area contributed by atoms with Crippen molar-refractivity contribution in [1.82, 2.24) is 15.5 Å². The molecular formula is C22H21FN4O. The highest BCUT2D eigenvalue weighted by molar-refractivity contribution is 5.92. The number of nitrogens with zero attached hydrogens (tertiary/aromatic N) is 3.